The third kappa shape index (κ3) is 7.01. The number of hydrogen-bond acceptors (Lipinski definition) is 2. The third-order valence-corrected chi connectivity index (χ3v) is 9.76. The van der Waals surface area contributed by atoms with Crippen LogP contribution in [0.15, 0.2) is 87.5 Å². The van der Waals surface area contributed by atoms with Gasteiger partial charge < -0.3 is 4.18 Å². The summed E-state index contributed by atoms with van der Waals surface area (Å²) in [6.45, 7) is 8.19. The maximum atomic E-state index is 12.6. The van der Waals surface area contributed by atoms with E-state index < -0.39 is 10.3 Å². The van der Waals surface area contributed by atoms with E-state index in [1.54, 1.807) is 0 Å². The van der Waals surface area contributed by atoms with Crippen molar-refractivity contribution in [1.82, 2.24) is 0 Å². The number of carbonyl (C=O) groups is 1. The van der Waals surface area contributed by atoms with E-state index in [4.69, 9.17) is 4.18 Å². The molecule has 0 aliphatic heterocycles. The summed E-state index contributed by atoms with van der Waals surface area (Å²) in [4.78, 5) is 15.8. The van der Waals surface area contributed by atoms with E-state index in [0.29, 0.717) is 0 Å². The predicted molar refractivity (Wildman–Crippen MR) is 149 cm³/mol. The lowest BCUT2D eigenvalue weighted by molar-refractivity contribution is -0.131. The number of rotatable bonds is 13. The third-order valence-electron chi connectivity index (χ3n) is 6.47. The van der Waals surface area contributed by atoms with Crippen LogP contribution in [0.2, 0.25) is 0 Å². The summed E-state index contributed by atoms with van der Waals surface area (Å²) in [6.07, 6.45) is 10.3. The first-order valence-electron chi connectivity index (χ1n) is 13.3. The van der Waals surface area contributed by atoms with Crippen LogP contribution in [-0.4, -0.2) is 5.97 Å². The fourth-order valence-corrected chi connectivity index (χ4v) is 7.43. The summed E-state index contributed by atoms with van der Waals surface area (Å²) in [5.74, 6) is -0.250. The van der Waals surface area contributed by atoms with Crippen molar-refractivity contribution < 1.29 is 8.98 Å². The minimum absolute atomic E-state index is 0.250. The van der Waals surface area contributed by atoms with Crippen LogP contribution in [0.25, 0.3) is 0 Å². The van der Waals surface area contributed by atoms with Crippen LogP contribution in [-0.2, 0) is 28.2 Å². The van der Waals surface area contributed by atoms with Gasteiger partial charge in [0.2, 0.25) is 0 Å². The average molecular weight is 491 g/mol. The smallest absolute Gasteiger partial charge is 0.313 e. The van der Waals surface area contributed by atoms with E-state index in [2.05, 4.69) is 93.6 Å². The Morgan fingerprint density at radius 1 is 0.571 bits per heavy atom. The minimum atomic E-state index is -2.19. The Balaban J connectivity index is 2.13. The van der Waals surface area contributed by atoms with Crippen molar-refractivity contribution in [3.05, 3.63) is 89.5 Å². The zero-order valence-corrected chi connectivity index (χ0v) is 22.8. The summed E-state index contributed by atoms with van der Waals surface area (Å²) in [5.41, 5.74) is 3.99. The Morgan fingerprint density at radius 3 is 1.09 bits per heavy atom. The van der Waals surface area contributed by atoms with E-state index in [-0.39, 0.29) is 5.97 Å². The van der Waals surface area contributed by atoms with Crippen LogP contribution >= 0.6 is 10.3 Å². The highest BCUT2D eigenvalue weighted by Gasteiger charge is 2.35. The standard InChI is InChI=1S/C32H42O2S/c1-5-8-11-27-14-20-30(21-15-27)35(34-26(4)33,31-22-16-28(17-23-31)12-9-6-2)32-24-18-29(19-25-32)13-10-7-3/h14-25H,5-13H2,1-4H3. The molecule has 0 saturated carbocycles. The van der Waals surface area contributed by atoms with Crippen LogP contribution in [0.5, 0.6) is 0 Å². The molecule has 3 rings (SSSR count). The number of benzene rings is 3. The van der Waals surface area contributed by atoms with Crippen molar-refractivity contribution >= 4 is 16.3 Å². The first-order valence-corrected chi connectivity index (χ1v) is 14.9. The molecular formula is C32H42O2S. The molecule has 0 atom stereocenters. The normalized spacial score (nSPS) is 11.9. The van der Waals surface area contributed by atoms with Crippen molar-refractivity contribution in [2.75, 3.05) is 0 Å². The lowest BCUT2D eigenvalue weighted by Gasteiger charge is -2.39. The van der Waals surface area contributed by atoms with Crippen LogP contribution in [0.3, 0.4) is 0 Å². The van der Waals surface area contributed by atoms with Gasteiger partial charge >= 0.3 is 5.97 Å². The zero-order valence-electron chi connectivity index (χ0n) is 22.0. The molecule has 0 aliphatic rings. The van der Waals surface area contributed by atoms with Crippen molar-refractivity contribution in [1.29, 1.82) is 0 Å². The van der Waals surface area contributed by atoms with E-state index in [0.717, 1.165) is 33.9 Å². The summed E-state index contributed by atoms with van der Waals surface area (Å²) < 4.78 is 6.40. The Bertz CT molecular complexity index is 911. The maximum Gasteiger partial charge on any atom is 0.313 e. The van der Waals surface area contributed by atoms with Crippen LogP contribution in [0.1, 0.15) is 82.9 Å². The van der Waals surface area contributed by atoms with Gasteiger partial charge in [-0.05, 0) is 102 Å². The quantitative estimate of drug-likeness (QED) is 0.238. The van der Waals surface area contributed by atoms with E-state index >= 15 is 0 Å². The molecule has 3 aromatic rings. The van der Waals surface area contributed by atoms with E-state index in [1.165, 1.54) is 62.1 Å². The molecule has 188 valence electrons. The molecule has 3 heteroatoms. The molecule has 0 heterocycles. The Hall–Kier alpha value is -2.52. The maximum absolute atomic E-state index is 12.6. The molecule has 0 aromatic heterocycles. The van der Waals surface area contributed by atoms with Crippen molar-refractivity contribution in [3.63, 3.8) is 0 Å². The van der Waals surface area contributed by atoms with Gasteiger partial charge in [-0.25, -0.2) is 0 Å². The lowest BCUT2D eigenvalue weighted by atomic mass is 10.1. The second kappa shape index (κ2) is 13.5. The number of unbranched alkanes of at least 4 members (excludes halogenated alkanes) is 3. The Kier molecular flexibility index (Phi) is 10.5. The molecule has 0 saturated heterocycles. The molecule has 0 spiro atoms. The number of hydrogen-bond donors (Lipinski definition) is 0. The van der Waals surface area contributed by atoms with Gasteiger partial charge in [-0.3, -0.25) is 4.79 Å². The molecule has 0 fully saturated rings. The van der Waals surface area contributed by atoms with Gasteiger partial charge in [0.25, 0.3) is 0 Å². The monoisotopic (exact) mass is 490 g/mol. The molecule has 0 amide bonds. The van der Waals surface area contributed by atoms with Gasteiger partial charge in [-0.2, -0.15) is 0 Å². The molecule has 2 nitrogen and oxygen atoms in total. The topological polar surface area (TPSA) is 26.3 Å². The molecule has 0 bridgehead atoms. The zero-order chi connectivity index (χ0) is 25.1. The first kappa shape index (κ1) is 27.1. The molecule has 0 unspecified atom stereocenters. The van der Waals surface area contributed by atoms with Gasteiger partial charge in [-0.1, -0.05) is 76.4 Å². The fraction of sp³-hybridized carbons (Fsp3) is 0.406. The summed E-state index contributed by atoms with van der Waals surface area (Å²) in [7, 11) is -2.19. The van der Waals surface area contributed by atoms with Crippen molar-refractivity contribution in [3.8, 4) is 0 Å². The largest absolute Gasteiger partial charge is 0.402 e. The summed E-state index contributed by atoms with van der Waals surface area (Å²) in [5, 5.41) is 0. The Morgan fingerprint density at radius 2 is 0.857 bits per heavy atom. The predicted octanol–water partition coefficient (Wildman–Crippen LogP) is 9.47. The van der Waals surface area contributed by atoms with Gasteiger partial charge in [0.1, 0.15) is 0 Å². The van der Waals surface area contributed by atoms with Crippen molar-refractivity contribution in [2.45, 2.75) is 100 Å². The molecular weight excluding hydrogens is 448 g/mol. The molecule has 35 heavy (non-hydrogen) atoms. The SMILES string of the molecule is CCCCc1ccc(S(OC(C)=O)(c2ccc(CCCC)cc2)c2ccc(CCCC)cc2)cc1. The second-order valence-electron chi connectivity index (χ2n) is 9.37. The molecule has 0 radical (unpaired) electrons. The lowest BCUT2D eigenvalue weighted by Crippen LogP contribution is -2.12. The Labute approximate surface area is 214 Å². The first-order chi connectivity index (χ1) is 17.0. The van der Waals surface area contributed by atoms with Gasteiger partial charge in [0.05, 0.1) is 0 Å². The van der Waals surface area contributed by atoms with Gasteiger partial charge in [-0.15, -0.1) is 0 Å². The minimum Gasteiger partial charge on any atom is -0.402 e. The molecule has 3 aromatic carbocycles. The van der Waals surface area contributed by atoms with Crippen LogP contribution in [0.4, 0.5) is 0 Å². The average Bonchev–Trinajstić information content (AvgIpc) is 2.89. The highest BCUT2D eigenvalue weighted by Crippen LogP contribution is 2.69. The van der Waals surface area contributed by atoms with Crippen LogP contribution in [0, 0.1) is 0 Å². The van der Waals surface area contributed by atoms with Gasteiger partial charge in [0.15, 0.2) is 0 Å². The summed E-state index contributed by atoms with van der Waals surface area (Å²) >= 11 is 0. The van der Waals surface area contributed by atoms with E-state index in [1.807, 2.05) is 0 Å². The van der Waals surface area contributed by atoms with E-state index in [9.17, 15) is 4.79 Å². The van der Waals surface area contributed by atoms with Gasteiger partial charge in [0, 0.05) is 21.6 Å². The number of carbonyl (C=O) groups excluding carboxylic acids is 1. The van der Waals surface area contributed by atoms with Crippen molar-refractivity contribution in [2.24, 2.45) is 0 Å². The second-order valence-corrected chi connectivity index (χ2v) is 12.1. The highest BCUT2D eigenvalue weighted by molar-refractivity contribution is 8.30. The van der Waals surface area contributed by atoms with Crippen LogP contribution < -0.4 is 0 Å². The number of aryl methyl sites for hydroxylation is 3. The molecule has 0 aliphatic carbocycles. The molecule has 0 N–H and O–H groups in total. The fourth-order valence-electron chi connectivity index (χ4n) is 4.41. The highest BCUT2D eigenvalue weighted by atomic mass is 32.3. The summed E-state index contributed by atoms with van der Waals surface area (Å²) in [6, 6.07) is 26.3.